The number of rotatable bonds is 5. The Labute approximate surface area is 254 Å². The maximum absolute atomic E-state index is 17.5. The number of aromatic amines is 1. The summed E-state index contributed by atoms with van der Waals surface area (Å²) in [4.78, 5) is 63.2. The van der Waals surface area contributed by atoms with E-state index in [-0.39, 0.29) is 24.8 Å². The number of aromatic nitrogens is 2. The van der Waals surface area contributed by atoms with Crippen molar-refractivity contribution >= 4 is 17.7 Å². The minimum absolute atomic E-state index is 0.0345. The minimum Gasteiger partial charge on any atom is -0.426 e. The van der Waals surface area contributed by atoms with Gasteiger partial charge in [0.25, 0.3) is 5.56 Å². The summed E-state index contributed by atoms with van der Waals surface area (Å²) < 4.78 is 69.6. The van der Waals surface area contributed by atoms with E-state index >= 15 is 8.78 Å². The van der Waals surface area contributed by atoms with E-state index in [2.05, 4.69) is 0 Å². The van der Waals surface area contributed by atoms with Gasteiger partial charge in [0.1, 0.15) is 6.17 Å². The molecule has 1 aromatic heterocycles. The number of alkyl halides is 2. The molecule has 6 rings (SSSR count). The Balaban J connectivity index is 1.27. The molecule has 8 unspecified atom stereocenters. The summed E-state index contributed by atoms with van der Waals surface area (Å²) in [7, 11) is 0. The zero-order valence-corrected chi connectivity index (χ0v) is 24.9. The second-order valence-electron chi connectivity index (χ2n) is 13.4. The molecule has 0 amide bonds. The molecule has 1 saturated heterocycles. The molecule has 4 aliphatic carbocycles. The Hall–Kier alpha value is -3.56. The summed E-state index contributed by atoms with van der Waals surface area (Å²) in [6, 6.07) is 0. The third-order valence-electron chi connectivity index (χ3n) is 10.6. The maximum Gasteiger partial charge on any atom is 0.510 e. The van der Waals surface area contributed by atoms with Crippen LogP contribution >= 0.6 is 0 Å². The molecule has 15 heteroatoms. The van der Waals surface area contributed by atoms with Crippen LogP contribution in [-0.4, -0.2) is 74.4 Å². The van der Waals surface area contributed by atoms with Crippen molar-refractivity contribution in [2.45, 2.75) is 89.1 Å². The molecular formula is C30H33F3N2O10. The number of H-pyrrole nitrogens is 1. The molecule has 5 aliphatic rings. The maximum atomic E-state index is 17.5. The van der Waals surface area contributed by atoms with Crippen LogP contribution in [0.2, 0.25) is 0 Å². The van der Waals surface area contributed by atoms with Gasteiger partial charge in [-0.3, -0.25) is 23.9 Å². The third kappa shape index (κ3) is 4.26. The fourth-order valence-electron chi connectivity index (χ4n) is 8.78. The highest BCUT2D eigenvalue weighted by molar-refractivity contribution is 6.01. The minimum atomic E-state index is -2.39. The van der Waals surface area contributed by atoms with Crippen molar-refractivity contribution in [3.63, 3.8) is 0 Å². The van der Waals surface area contributed by atoms with E-state index in [9.17, 15) is 33.5 Å². The van der Waals surface area contributed by atoms with Gasteiger partial charge in [-0.25, -0.2) is 18.4 Å². The van der Waals surface area contributed by atoms with Gasteiger partial charge in [0, 0.05) is 16.7 Å². The number of ketones is 2. The van der Waals surface area contributed by atoms with Crippen LogP contribution in [-0.2, 0) is 35.3 Å². The summed E-state index contributed by atoms with van der Waals surface area (Å²) in [6.07, 6.45) is -2.22. The fraction of sp³-hybridized carbons (Fsp3) is 0.633. The van der Waals surface area contributed by atoms with Gasteiger partial charge in [0.15, 0.2) is 36.2 Å². The number of carbonyl (C=O) groups is 3. The first-order valence-electron chi connectivity index (χ1n) is 14.6. The summed E-state index contributed by atoms with van der Waals surface area (Å²) in [5.41, 5.74) is -9.52. The Morgan fingerprint density at radius 1 is 1.13 bits per heavy atom. The lowest BCUT2D eigenvalue weighted by atomic mass is 9.44. The van der Waals surface area contributed by atoms with Crippen molar-refractivity contribution < 1.29 is 51.6 Å². The second kappa shape index (κ2) is 9.97. The molecule has 1 aliphatic heterocycles. The lowest BCUT2D eigenvalue weighted by Gasteiger charge is -2.63. The molecule has 2 heterocycles. The SMILES string of the molecule is CC1(C)OC2CC3C4CC(F)C5=CC(=O)C=CC5(C)[C@@]4(F)C(O)CC3(C)C2(C(=O)COC(=O)OCn2cc(F)c(=O)[nH]c2=O)O1. The highest BCUT2D eigenvalue weighted by Crippen LogP contribution is 2.72. The monoisotopic (exact) mass is 638 g/mol. The van der Waals surface area contributed by atoms with Gasteiger partial charge in [-0.05, 0) is 63.7 Å². The van der Waals surface area contributed by atoms with Crippen molar-refractivity contribution in [1.29, 1.82) is 0 Å². The molecule has 0 radical (unpaired) electrons. The molecule has 12 nitrogen and oxygen atoms in total. The molecule has 244 valence electrons. The third-order valence-corrected chi connectivity index (χ3v) is 10.6. The lowest BCUT2D eigenvalue weighted by Crippen LogP contribution is -2.71. The van der Waals surface area contributed by atoms with Gasteiger partial charge in [-0.1, -0.05) is 13.0 Å². The predicted octanol–water partition coefficient (Wildman–Crippen LogP) is 2.17. The topological polar surface area (TPSA) is 163 Å². The Kier molecular flexibility index (Phi) is 6.96. The first-order chi connectivity index (χ1) is 20.9. The van der Waals surface area contributed by atoms with Crippen LogP contribution in [0.15, 0.2) is 39.6 Å². The van der Waals surface area contributed by atoms with E-state index in [4.69, 9.17) is 18.9 Å². The molecule has 0 bridgehead atoms. The van der Waals surface area contributed by atoms with Crippen molar-refractivity contribution in [2.24, 2.45) is 22.7 Å². The van der Waals surface area contributed by atoms with E-state index in [1.165, 1.54) is 19.1 Å². The molecule has 0 aromatic carbocycles. The smallest absolute Gasteiger partial charge is 0.426 e. The summed E-state index contributed by atoms with van der Waals surface area (Å²) >= 11 is 0. The zero-order chi connectivity index (χ0) is 32.9. The van der Waals surface area contributed by atoms with Gasteiger partial charge in [-0.2, -0.15) is 4.39 Å². The van der Waals surface area contributed by atoms with E-state index < -0.39 is 106 Å². The van der Waals surface area contributed by atoms with Crippen LogP contribution in [0.1, 0.15) is 47.0 Å². The van der Waals surface area contributed by atoms with E-state index in [1.54, 1.807) is 25.8 Å². The first-order valence-corrected chi connectivity index (χ1v) is 14.6. The summed E-state index contributed by atoms with van der Waals surface area (Å²) in [5.74, 6) is -5.67. The lowest BCUT2D eigenvalue weighted by molar-refractivity contribution is -0.249. The van der Waals surface area contributed by atoms with E-state index in [0.29, 0.717) is 10.8 Å². The highest BCUT2D eigenvalue weighted by Gasteiger charge is 2.80. The fourth-order valence-corrected chi connectivity index (χ4v) is 8.78. The number of nitrogens with zero attached hydrogens (tertiary/aromatic N) is 1. The number of halogens is 3. The van der Waals surface area contributed by atoms with Crippen LogP contribution < -0.4 is 11.2 Å². The average Bonchev–Trinajstić information content (AvgIpc) is 3.37. The highest BCUT2D eigenvalue weighted by atomic mass is 19.1. The van der Waals surface area contributed by atoms with Gasteiger partial charge in [0.2, 0.25) is 11.6 Å². The van der Waals surface area contributed by atoms with Gasteiger partial charge < -0.3 is 24.1 Å². The van der Waals surface area contributed by atoms with Crippen molar-refractivity contribution in [3.05, 3.63) is 56.7 Å². The molecule has 45 heavy (non-hydrogen) atoms. The number of nitrogens with one attached hydrogen (secondary N) is 1. The van der Waals surface area contributed by atoms with Crippen LogP contribution in [0, 0.1) is 28.5 Å². The number of carbonyl (C=O) groups excluding carboxylic acids is 3. The van der Waals surface area contributed by atoms with Crippen molar-refractivity contribution in [1.82, 2.24) is 9.55 Å². The molecular weight excluding hydrogens is 605 g/mol. The summed E-state index contributed by atoms with van der Waals surface area (Å²) in [6.45, 7) is 4.52. The van der Waals surface area contributed by atoms with Gasteiger partial charge in [-0.15, -0.1) is 0 Å². The number of hydrogen-bond acceptors (Lipinski definition) is 10. The van der Waals surface area contributed by atoms with Crippen molar-refractivity contribution in [2.75, 3.05) is 6.61 Å². The van der Waals surface area contributed by atoms with E-state index in [0.717, 1.165) is 6.08 Å². The van der Waals surface area contributed by atoms with E-state index in [1.807, 2.05) is 0 Å². The van der Waals surface area contributed by atoms with Gasteiger partial charge >= 0.3 is 11.8 Å². The molecule has 3 saturated carbocycles. The number of ether oxygens (including phenoxy) is 4. The zero-order valence-electron chi connectivity index (χ0n) is 24.9. The Bertz CT molecular complexity index is 1670. The first kappa shape index (κ1) is 31.4. The van der Waals surface area contributed by atoms with Crippen LogP contribution in [0.25, 0.3) is 0 Å². The Morgan fingerprint density at radius 2 is 1.84 bits per heavy atom. The molecule has 4 fully saturated rings. The van der Waals surface area contributed by atoms with Crippen molar-refractivity contribution in [3.8, 4) is 0 Å². The van der Waals surface area contributed by atoms with Crippen LogP contribution in [0.4, 0.5) is 18.0 Å². The average molecular weight is 639 g/mol. The normalized spacial score (nSPS) is 40.9. The Morgan fingerprint density at radius 3 is 2.56 bits per heavy atom. The number of Topliss-reactive ketones (excluding diaryl/α,β-unsaturated/α-hetero) is 1. The number of aliphatic hydroxyl groups is 1. The van der Waals surface area contributed by atoms with Crippen LogP contribution in [0.3, 0.4) is 0 Å². The molecule has 9 atom stereocenters. The molecule has 0 spiro atoms. The molecule has 1 aromatic rings. The summed E-state index contributed by atoms with van der Waals surface area (Å²) in [5, 5.41) is 11.6. The second-order valence-corrected chi connectivity index (χ2v) is 13.4. The largest absolute Gasteiger partial charge is 0.510 e. The standard InChI is InChI=1S/C30H33F3N2O10/c1-26(2)44-22-9-15-16-8-18(31)17-7-14(36)5-6-27(17,3)29(16,33)20(37)10-28(15,4)30(22,45-26)21(38)12-42-25(41)43-13-35-11-19(32)23(39)34-24(35)40/h5-7,11,15-16,18,20,22,37H,8-10,12-13H2,1-4H3,(H,34,39,40)/t15?,16?,18?,20?,22?,27?,28?,29-,30?/m0/s1. The van der Waals surface area contributed by atoms with Gasteiger partial charge in [0.05, 0.1) is 18.4 Å². The molecule has 2 N–H and O–H groups in total. The number of aliphatic hydroxyl groups excluding tert-OH is 1. The predicted molar refractivity (Wildman–Crippen MR) is 146 cm³/mol. The number of fused-ring (bicyclic) bond motifs is 7. The number of hydrogen-bond donors (Lipinski definition) is 2. The quantitative estimate of drug-likeness (QED) is 0.457. The number of allylic oxidation sites excluding steroid dienone is 4. The van der Waals surface area contributed by atoms with Crippen LogP contribution in [0.5, 0.6) is 0 Å².